The summed E-state index contributed by atoms with van der Waals surface area (Å²) >= 11 is 5.98. The van der Waals surface area contributed by atoms with Crippen molar-refractivity contribution in [2.45, 2.75) is 17.9 Å². The van der Waals surface area contributed by atoms with Gasteiger partial charge in [-0.15, -0.1) is 0 Å². The van der Waals surface area contributed by atoms with Gasteiger partial charge in [0.15, 0.2) is 15.8 Å². The van der Waals surface area contributed by atoms with Crippen molar-refractivity contribution in [1.82, 2.24) is 10.6 Å². The molecule has 2 rings (SSSR count). The Bertz CT molecular complexity index is 834. The number of nitrogens with one attached hydrogen (secondary N) is 2. The van der Waals surface area contributed by atoms with Gasteiger partial charge in [0.1, 0.15) is 0 Å². The van der Waals surface area contributed by atoms with Crippen molar-refractivity contribution in [3.05, 3.63) is 64.7 Å². The van der Waals surface area contributed by atoms with Gasteiger partial charge in [-0.2, -0.15) is 0 Å². The summed E-state index contributed by atoms with van der Waals surface area (Å²) in [5, 5.41) is 7.18. The maximum Gasteiger partial charge on any atom is 0.191 e. The monoisotopic (exact) mass is 379 g/mol. The predicted molar refractivity (Wildman–Crippen MR) is 103 cm³/mol. The van der Waals surface area contributed by atoms with E-state index in [0.717, 1.165) is 29.1 Å². The van der Waals surface area contributed by atoms with E-state index in [1.807, 2.05) is 24.3 Å². The SMILES string of the molecule is CN=C(NCCc1cccc(Cl)c1)NCc1ccc(S(C)(=O)=O)cc1. The third-order valence-electron chi connectivity index (χ3n) is 3.63. The maximum absolute atomic E-state index is 11.5. The van der Waals surface area contributed by atoms with Gasteiger partial charge in [0, 0.05) is 31.4 Å². The molecule has 7 heteroatoms. The maximum atomic E-state index is 11.5. The molecule has 0 saturated heterocycles. The Hall–Kier alpha value is -2.05. The third-order valence-corrected chi connectivity index (χ3v) is 4.99. The van der Waals surface area contributed by atoms with Crippen LogP contribution in [0.1, 0.15) is 11.1 Å². The van der Waals surface area contributed by atoms with Crippen molar-refractivity contribution in [2.24, 2.45) is 4.99 Å². The lowest BCUT2D eigenvalue weighted by atomic mass is 10.1. The Labute approximate surface area is 154 Å². The molecule has 0 aliphatic rings. The molecule has 2 N–H and O–H groups in total. The summed E-state index contributed by atoms with van der Waals surface area (Å²) in [4.78, 5) is 4.50. The second kappa shape index (κ2) is 8.87. The van der Waals surface area contributed by atoms with Crippen molar-refractivity contribution in [1.29, 1.82) is 0 Å². The van der Waals surface area contributed by atoms with Gasteiger partial charge in [-0.25, -0.2) is 8.42 Å². The minimum Gasteiger partial charge on any atom is -0.356 e. The zero-order chi connectivity index (χ0) is 18.3. The number of hydrogen-bond acceptors (Lipinski definition) is 3. The number of rotatable bonds is 6. The molecule has 2 aromatic carbocycles. The molecule has 0 aliphatic heterocycles. The van der Waals surface area contributed by atoms with Crippen LogP contribution in [-0.2, 0) is 22.8 Å². The summed E-state index contributed by atoms with van der Waals surface area (Å²) in [5.41, 5.74) is 2.14. The Morgan fingerprint density at radius 2 is 1.80 bits per heavy atom. The predicted octanol–water partition coefficient (Wildman–Crippen LogP) is 2.65. The third kappa shape index (κ3) is 6.40. The van der Waals surface area contributed by atoms with Gasteiger partial charge >= 0.3 is 0 Å². The van der Waals surface area contributed by atoms with Crippen LogP contribution in [0.5, 0.6) is 0 Å². The molecule has 0 spiro atoms. The molecule has 0 aliphatic carbocycles. The second-order valence-corrected chi connectivity index (χ2v) is 8.10. The first-order valence-corrected chi connectivity index (χ1v) is 10.1. The van der Waals surface area contributed by atoms with Crippen LogP contribution < -0.4 is 10.6 Å². The van der Waals surface area contributed by atoms with E-state index >= 15 is 0 Å². The summed E-state index contributed by atoms with van der Waals surface area (Å²) < 4.78 is 22.9. The second-order valence-electron chi connectivity index (χ2n) is 5.65. The number of sulfone groups is 1. The fourth-order valence-corrected chi connectivity index (χ4v) is 3.12. The summed E-state index contributed by atoms with van der Waals surface area (Å²) in [5.74, 6) is 0.689. The fourth-order valence-electron chi connectivity index (χ4n) is 2.28. The van der Waals surface area contributed by atoms with Crippen LogP contribution in [0.25, 0.3) is 0 Å². The molecule has 0 fully saturated rings. The number of benzene rings is 2. The number of guanidine groups is 1. The Balaban J connectivity index is 1.82. The minimum atomic E-state index is -3.16. The summed E-state index contributed by atoms with van der Waals surface area (Å²) in [6, 6.07) is 14.6. The van der Waals surface area contributed by atoms with Crippen molar-refractivity contribution in [2.75, 3.05) is 19.8 Å². The van der Waals surface area contributed by atoms with E-state index in [4.69, 9.17) is 11.6 Å². The molecule has 5 nitrogen and oxygen atoms in total. The van der Waals surface area contributed by atoms with E-state index in [0.29, 0.717) is 17.4 Å². The van der Waals surface area contributed by atoms with E-state index in [2.05, 4.69) is 15.6 Å². The average Bonchev–Trinajstić information content (AvgIpc) is 2.57. The van der Waals surface area contributed by atoms with Crippen LogP contribution in [0.3, 0.4) is 0 Å². The Morgan fingerprint density at radius 3 is 2.40 bits per heavy atom. The first-order chi connectivity index (χ1) is 11.9. The van der Waals surface area contributed by atoms with Crippen LogP contribution in [0.4, 0.5) is 0 Å². The smallest absolute Gasteiger partial charge is 0.191 e. The molecule has 2 aromatic rings. The van der Waals surface area contributed by atoms with Crippen LogP contribution in [0.15, 0.2) is 58.4 Å². The zero-order valence-electron chi connectivity index (χ0n) is 14.3. The quantitative estimate of drug-likeness (QED) is 0.598. The van der Waals surface area contributed by atoms with Crippen LogP contribution >= 0.6 is 11.6 Å². The van der Waals surface area contributed by atoms with E-state index in [1.54, 1.807) is 31.3 Å². The Morgan fingerprint density at radius 1 is 1.08 bits per heavy atom. The van der Waals surface area contributed by atoms with Crippen LogP contribution in [0.2, 0.25) is 5.02 Å². The minimum absolute atomic E-state index is 0.320. The molecule has 0 radical (unpaired) electrons. The highest BCUT2D eigenvalue weighted by Gasteiger charge is 2.06. The topological polar surface area (TPSA) is 70.6 Å². The lowest BCUT2D eigenvalue weighted by Gasteiger charge is -2.12. The first-order valence-electron chi connectivity index (χ1n) is 7.86. The molecule has 0 unspecified atom stereocenters. The molecular formula is C18H22ClN3O2S. The molecule has 0 atom stereocenters. The summed E-state index contributed by atoms with van der Waals surface area (Å²) in [7, 11) is -1.45. The van der Waals surface area contributed by atoms with Crippen LogP contribution in [-0.4, -0.2) is 34.2 Å². The van der Waals surface area contributed by atoms with Gasteiger partial charge in [-0.05, 0) is 41.8 Å². The molecule has 0 bridgehead atoms. The van der Waals surface area contributed by atoms with Gasteiger partial charge in [0.05, 0.1) is 4.90 Å². The van der Waals surface area contributed by atoms with Crippen molar-refractivity contribution >= 4 is 27.4 Å². The van der Waals surface area contributed by atoms with E-state index in [1.165, 1.54) is 6.26 Å². The lowest BCUT2D eigenvalue weighted by molar-refractivity contribution is 0.602. The standard InChI is InChI=1S/C18H22ClN3O2S/c1-20-18(21-11-10-14-4-3-5-16(19)12-14)22-13-15-6-8-17(9-7-15)25(2,23)24/h3-9,12H,10-11,13H2,1-2H3,(H2,20,21,22). The van der Waals surface area contributed by atoms with Gasteiger partial charge in [0.25, 0.3) is 0 Å². The highest BCUT2D eigenvalue weighted by molar-refractivity contribution is 7.90. The number of halogens is 1. The van der Waals surface area contributed by atoms with Gasteiger partial charge < -0.3 is 10.6 Å². The van der Waals surface area contributed by atoms with Gasteiger partial charge in [0.2, 0.25) is 0 Å². The Kier molecular flexibility index (Phi) is 6.84. The molecule has 0 heterocycles. The van der Waals surface area contributed by atoms with Crippen molar-refractivity contribution < 1.29 is 8.42 Å². The normalized spacial score (nSPS) is 12.0. The largest absolute Gasteiger partial charge is 0.356 e. The van der Waals surface area contributed by atoms with Gasteiger partial charge in [-0.1, -0.05) is 35.9 Å². The van der Waals surface area contributed by atoms with Crippen molar-refractivity contribution in [3.8, 4) is 0 Å². The highest BCUT2D eigenvalue weighted by Crippen LogP contribution is 2.11. The zero-order valence-corrected chi connectivity index (χ0v) is 15.9. The summed E-state index contributed by atoms with van der Waals surface area (Å²) in [6.07, 6.45) is 2.04. The number of aliphatic imine (C=N–C) groups is 1. The number of nitrogens with zero attached hydrogens (tertiary/aromatic N) is 1. The van der Waals surface area contributed by atoms with E-state index < -0.39 is 9.84 Å². The first kappa shape index (κ1) is 19.3. The molecule has 0 saturated carbocycles. The average molecular weight is 380 g/mol. The van der Waals surface area contributed by atoms with Crippen LogP contribution in [0, 0.1) is 0 Å². The highest BCUT2D eigenvalue weighted by atomic mass is 35.5. The molecule has 0 amide bonds. The molecule has 134 valence electrons. The summed E-state index contributed by atoms with van der Waals surface area (Å²) in [6.45, 7) is 1.29. The fraction of sp³-hybridized carbons (Fsp3) is 0.278. The number of hydrogen-bond donors (Lipinski definition) is 2. The molecule has 25 heavy (non-hydrogen) atoms. The lowest BCUT2D eigenvalue weighted by Crippen LogP contribution is -2.37. The van der Waals surface area contributed by atoms with E-state index in [-0.39, 0.29) is 0 Å². The van der Waals surface area contributed by atoms with Gasteiger partial charge in [-0.3, -0.25) is 4.99 Å². The molecular weight excluding hydrogens is 358 g/mol. The van der Waals surface area contributed by atoms with E-state index in [9.17, 15) is 8.42 Å². The van der Waals surface area contributed by atoms with Crippen molar-refractivity contribution in [3.63, 3.8) is 0 Å². The molecule has 0 aromatic heterocycles.